The van der Waals surface area contributed by atoms with Gasteiger partial charge in [0.15, 0.2) is 0 Å². The molecule has 4 N–H and O–H groups in total. The molecule has 18 heteroatoms. The van der Waals surface area contributed by atoms with Gasteiger partial charge in [0.25, 0.3) is 11.8 Å². The number of benzene rings is 1. The number of alkyl halides is 3. The number of hydrogen-bond donors (Lipinski definition) is 4. The van der Waals surface area contributed by atoms with Crippen LogP contribution < -0.4 is 20.7 Å². The Kier molecular flexibility index (Phi) is 11.0. The van der Waals surface area contributed by atoms with Gasteiger partial charge < -0.3 is 20.9 Å². The van der Waals surface area contributed by atoms with E-state index < -0.39 is 93.4 Å². The Morgan fingerprint density at radius 3 is 2.52 bits per heavy atom. The van der Waals surface area contributed by atoms with Crippen molar-refractivity contribution < 1.29 is 45.6 Å². The Balaban J connectivity index is 1.27. The number of rotatable bonds is 8. The van der Waals surface area contributed by atoms with Crippen molar-refractivity contribution >= 4 is 72.6 Å². The molecule has 1 saturated heterocycles. The summed E-state index contributed by atoms with van der Waals surface area (Å²) in [7, 11) is -3.96. The van der Waals surface area contributed by atoms with E-state index in [0.29, 0.717) is 43.9 Å². The number of sulfonamides is 1. The van der Waals surface area contributed by atoms with Gasteiger partial charge in [0.2, 0.25) is 27.7 Å². The lowest BCUT2D eigenvalue weighted by molar-refractivity contribution is -0.146. The predicted octanol–water partition coefficient (Wildman–Crippen LogP) is 4.08. The van der Waals surface area contributed by atoms with E-state index >= 15 is 0 Å². The molecule has 2 aliphatic heterocycles. The highest BCUT2D eigenvalue weighted by atomic mass is 35.5. The van der Waals surface area contributed by atoms with Crippen LogP contribution in [0.5, 0.6) is 0 Å². The van der Waals surface area contributed by atoms with Gasteiger partial charge in [-0.25, -0.2) is 8.42 Å². The second kappa shape index (κ2) is 15.0. The zero-order valence-corrected chi connectivity index (χ0v) is 30.4. The molecule has 5 atom stereocenters. The zero-order valence-electron chi connectivity index (χ0n) is 28.0. The molecule has 5 amide bonds. The monoisotopic (exact) mass is 785 g/mol. The second-order valence-electron chi connectivity index (χ2n) is 13.9. The predicted molar refractivity (Wildman–Crippen MR) is 187 cm³/mol. The van der Waals surface area contributed by atoms with Crippen LogP contribution in [0.15, 0.2) is 36.4 Å². The largest absolute Gasteiger partial charge is 0.389 e. The molecule has 6 rings (SSSR count). The van der Waals surface area contributed by atoms with Crippen LogP contribution in [0.3, 0.4) is 0 Å². The summed E-state index contributed by atoms with van der Waals surface area (Å²) < 4.78 is 67.0. The SMILES string of the molecule is O=C(CCC(F)(F)F)N[C@H]1CCCCC/C=C\[C@H]2C[C@@]2(C(=O)NS(=O)(=O)C2CC2)NC(=O)[C@@H]2C[C@@H](NC(=O)c3sc4ccccc4c3Cl)CN2C1=O. The van der Waals surface area contributed by atoms with Gasteiger partial charge in [-0.15, -0.1) is 11.3 Å². The molecule has 52 heavy (non-hydrogen) atoms. The van der Waals surface area contributed by atoms with Gasteiger partial charge in [0.05, 0.1) is 16.7 Å². The molecular formula is C34H39ClF3N5O7S2. The van der Waals surface area contributed by atoms with E-state index in [1.54, 1.807) is 24.3 Å². The average Bonchev–Trinajstić information content (AvgIpc) is 3.99. The maximum absolute atomic E-state index is 14.2. The van der Waals surface area contributed by atoms with E-state index in [4.69, 9.17) is 11.6 Å². The van der Waals surface area contributed by atoms with Crippen molar-refractivity contribution in [3.8, 4) is 0 Å². The molecule has 2 aliphatic carbocycles. The summed E-state index contributed by atoms with van der Waals surface area (Å²) in [6.07, 6.45) is -0.0291. The molecule has 1 aromatic carbocycles. The number of thiophene rings is 1. The first-order chi connectivity index (χ1) is 24.6. The van der Waals surface area contributed by atoms with E-state index in [1.165, 1.54) is 16.2 Å². The van der Waals surface area contributed by atoms with Crippen LogP contribution in [0, 0.1) is 5.92 Å². The number of amides is 5. The van der Waals surface area contributed by atoms with Gasteiger partial charge in [-0.2, -0.15) is 13.2 Å². The first kappa shape index (κ1) is 38.0. The van der Waals surface area contributed by atoms with Crippen molar-refractivity contribution in [1.29, 1.82) is 0 Å². The third-order valence-corrected chi connectivity index (χ3v) is 13.4. The Labute approximate surface area is 307 Å². The lowest BCUT2D eigenvalue weighted by Crippen LogP contribution is -2.58. The number of nitrogens with one attached hydrogen (secondary N) is 4. The third kappa shape index (κ3) is 8.57. The van der Waals surface area contributed by atoms with Crippen LogP contribution in [-0.2, 0) is 29.2 Å². The molecule has 0 bridgehead atoms. The summed E-state index contributed by atoms with van der Waals surface area (Å²) in [5.41, 5.74) is -1.61. The minimum absolute atomic E-state index is 0.0908. The first-order valence-electron chi connectivity index (χ1n) is 17.3. The summed E-state index contributed by atoms with van der Waals surface area (Å²) >= 11 is 7.70. The third-order valence-electron chi connectivity index (χ3n) is 9.93. The minimum Gasteiger partial charge on any atom is -0.347 e. The van der Waals surface area contributed by atoms with Gasteiger partial charge in [-0.05, 0) is 51.0 Å². The molecule has 1 aromatic heterocycles. The molecule has 2 saturated carbocycles. The average molecular weight is 786 g/mol. The number of halogens is 4. The number of nitrogens with zero attached hydrogens (tertiary/aromatic N) is 1. The zero-order chi connectivity index (χ0) is 37.4. The van der Waals surface area contributed by atoms with Crippen molar-refractivity contribution in [3.05, 3.63) is 46.3 Å². The quantitative estimate of drug-likeness (QED) is 0.292. The van der Waals surface area contributed by atoms with Crippen molar-refractivity contribution in [2.75, 3.05) is 6.54 Å². The molecule has 4 aliphatic rings. The van der Waals surface area contributed by atoms with E-state index in [1.807, 2.05) is 12.1 Å². The number of allylic oxidation sites excluding steroid dienone is 1. The van der Waals surface area contributed by atoms with Crippen LogP contribution in [0.25, 0.3) is 10.1 Å². The van der Waals surface area contributed by atoms with Crippen molar-refractivity contribution in [2.45, 2.75) is 106 Å². The normalized spacial score (nSPS) is 27.7. The van der Waals surface area contributed by atoms with Crippen molar-refractivity contribution in [1.82, 2.24) is 25.6 Å². The standard InChI is InChI=1S/C34H39ClF3N5O7S2/c35-27-22-9-6-7-11-25(22)51-28(27)30(46)39-20-16-24-29(45)41-33(32(48)42-52(49,50)21-12-13-21)17-19(33)8-4-2-1-3-5-10-23(31(47)43(24)18-20)40-26(44)14-15-34(36,37)38/h4,6-9,11,19-21,23-24H,1-3,5,10,12-18H2,(H,39,46)(H,40,44)(H,41,45)(H,42,48)/b8-4-/t19-,20+,23-,24-,33+/m0/s1. The van der Waals surface area contributed by atoms with Crippen LogP contribution in [0.2, 0.25) is 5.02 Å². The highest BCUT2D eigenvalue weighted by molar-refractivity contribution is 7.91. The maximum Gasteiger partial charge on any atom is 0.389 e. The highest BCUT2D eigenvalue weighted by Gasteiger charge is 2.62. The topological polar surface area (TPSA) is 171 Å². The number of hydrogen-bond acceptors (Lipinski definition) is 8. The van der Waals surface area contributed by atoms with Crippen LogP contribution in [0.4, 0.5) is 13.2 Å². The first-order valence-corrected chi connectivity index (χ1v) is 20.0. The Morgan fingerprint density at radius 1 is 1.06 bits per heavy atom. The fourth-order valence-corrected chi connectivity index (χ4v) is 9.62. The van der Waals surface area contributed by atoms with Crippen molar-refractivity contribution in [2.24, 2.45) is 5.92 Å². The smallest absolute Gasteiger partial charge is 0.347 e. The molecule has 2 aromatic rings. The molecule has 12 nitrogen and oxygen atoms in total. The second-order valence-corrected chi connectivity index (χ2v) is 17.3. The summed E-state index contributed by atoms with van der Waals surface area (Å²) in [6.45, 7) is -0.196. The Bertz CT molecular complexity index is 1900. The van der Waals surface area contributed by atoms with Crippen LogP contribution >= 0.6 is 22.9 Å². The number of carbonyl (C=O) groups excluding carboxylic acids is 5. The van der Waals surface area contributed by atoms with Gasteiger partial charge >= 0.3 is 6.18 Å². The highest BCUT2D eigenvalue weighted by Crippen LogP contribution is 2.46. The van der Waals surface area contributed by atoms with E-state index in [2.05, 4.69) is 20.7 Å². The minimum atomic E-state index is -4.58. The Hall–Kier alpha value is -3.70. The molecular weight excluding hydrogens is 747 g/mol. The lowest BCUT2D eigenvalue weighted by atomic mass is 10.0. The number of fused-ring (bicyclic) bond motifs is 3. The van der Waals surface area contributed by atoms with Crippen LogP contribution in [-0.4, -0.2) is 84.5 Å². The summed E-state index contributed by atoms with van der Waals surface area (Å²) in [4.78, 5) is 69.5. The van der Waals surface area contributed by atoms with Gasteiger partial charge in [-0.1, -0.05) is 54.8 Å². The van der Waals surface area contributed by atoms with Gasteiger partial charge in [0, 0.05) is 35.0 Å². The van der Waals surface area contributed by atoms with E-state index in [-0.39, 0.29) is 35.7 Å². The van der Waals surface area contributed by atoms with Crippen molar-refractivity contribution in [3.63, 3.8) is 0 Å². The molecule has 3 heterocycles. The van der Waals surface area contributed by atoms with E-state index in [0.717, 1.165) is 4.70 Å². The van der Waals surface area contributed by atoms with Crippen LogP contribution in [0.1, 0.15) is 80.3 Å². The molecule has 0 spiro atoms. The van der Waals surface area contributed by atoms with Gasteiger partial charge in [0.1, 0.15) is 22.5 Å². The maximum atomic E-state index is 14.2. The number of carbonyl (C=O) groups is 5. The van der Waals surface area contributed by atoms with Gasteiger partial charge in [-0.3, -0.25) is 28.7 Å². The van der Waals surface area contributed by atoms with E-state index in [9.17, 15) is 45.6 Å². The molecule has 0 unspecified atom stereocenters. The summed E-state index contributed by atoms with van der Waals surface area (Å²) in [5, 5.41) is 8.24. The fraction of sp³-hybridized carbons (Fsp3) is 0.559. The molecule has 3 fully saturated rings. The fourth-order valence-electron chi connectivity index (χ4n) is 6.84. The Morgan fingerprint density at radius 2 is 1.81 bits per heavy atom. The molecule has 282 valence electrons. The lowest BCUT2D eigenvalue weighted by Gasteiger charge is -2.30. The molecule has 0 radical (unpaired) electrons. The summed E-state index contributed by atoms with van der Waals surface area (Å²) in [6, 6.07) is 3.81. The summed E-state index contributed by atoms with van der Waals surface area (Å²) in [5.74, 6) is -4.44.